The molecule has 148 valence electrons. The van der Waals surface area contributed by atoms with E-state index in [1.54, 1.807) is 26.5 Å². The van der Waals surface area contributed by atoms with Crippen LogP contribution >= 0.6 is 0 Å². The summed E-state index contributed by atoms with van der Waals surface area (Å²) in [6, 6.07) is 1.77. The van der Waals surface area contributed by atoms with Crippen molar-refractivity contribution in [3.05, 3.63) is 24.2 Å². The van der Waals surface area contributed by atoms with E-state index in [4.69, 9.17) is 19.9 Å². The number of nitrogens with two attached hydrogens (primary N) is 1. The smallest absolute Gasteiger partial charge is 0.222 e. The Morgan fingerprint density at radius 3 is 2.67 bits per heavy atom. The molecule has 0 unspecified atom stereocenters. The molecule has 0 saturated heterocycles. The van der Waals surface area contributed by atoms with Crippen LogP contribution in [0.15, 0.2) is 18.5 Å². The number of anilines is 2. The van der Waals surface area contributed by atoms with Gasteiger partial charge in [-0.05, 0) is 12.8 Å². The van der Waals surface area contributed by atoms with Gasteiger partial charge < -0.3 is 30.4 Å². The zero-order valence-electron chi connectivity index (χ0n) is 15.9. The molecule has 0 radical (unpaired) electrons. The molecule has 0 amide bonds. The number of ether oxygens (including phenoxy) is 3. The van der Waals surface area contributed by atoms with Crippen molar-refractivity contribution in [2.75, 3.05) is 31.9 Å². The number of hydrogen-bond acceptors (Lipinski definition) is 9. The highest BCUT2D eigenvalue weighted by Crippen LogP contribution is 2.31. The van der Waals surface area contributed by atoms with Crippen LogP contribution in [0.4, 0.5) is 11.8 Å². The summed E-state index contributed by atoms with van der Waals surface area (Å²) in [7, 11) is 3.11. The van der Waals surface area contributed by atoms with Gasteiger partial charge in [0.1, 0.15) is 12.3 Å². The van der Waals surface area contributed by atoms with Crippen LogP contribution in [0.5, 0.6) is 17.2 Å². The monoisotopic (exact) mass is 377 g/mol. The number of aliphatic hydroxyl groups is 1. The predicted octanol–water partition coefficient (Wildman–Crippen LogP) is 2.01. The Labute approximate surface area is 158 Å². The molecule has 1 atom stereocenters. The number of rotatable bonds is 11. The van der Waals surface area contributed by atoms with E-state index >= 15 is 0 Å². The minimum atomic E-state index is 0.0566. The van der Waals surface area contributed by atoms with Crippen LogP contribution in [-0.2, 0) is 6.61 Å². The van der Waals surface area contributed by atoms with Crippen molar-refractivity contribution in [3.8, 4) is 17.2 Å². The lowest BCUT2D eigenvalue weighted by Gasteiger charge is -2.20. The molecule has 0 aliphatic rings. The van der Waals surface area contributed by atoms with E-state index in [1.807, 2.05) is 0 Å². The SMILES string of the molecule is CCC[C@@H](CCO)Nc1nc(N)ncc1OCc1nccc(OC)c1OC. The van der Waals surface area contributed by atoms with Crippen molar-refractivity contribution in [1.29, 1.82) is 0 Å². The second-order valence-corrected chi connectivity index (χ2v) is 5.87. The second-order valence-electron chi connectivity index (χ2n) is 5.87. The third-order valence-corrected chi connectivity index (χ3v) is 3.96. The summed E-state index contributed by atoms with van der Waals surface area (Å²) in [6.45, 7) is 2.30. The first-order valence-corrected chi connectivity index (χ1v) is 8.81. The molecule has 0 aliphatic heterocycles. The average Bonchev–Trinajstić information content (AvgIpc) is 2.67. The second kappa shape index (κ2) is 10.4. The molecule has 2 rings (SSSR count). The minimum absolute atomic E-state index is 0.0566. The van der Waals surface area contributed by atoms with E-state index in [0.29, 0.717) is 35.2 Å². The zero-order chi connectivity index (χ0) is 19.6. The van der Waals surface area contributed by atoms with Crippen molar-refractivity contribution >= 4 is 11.8 Å². The summed E-state index contributed by atoms with van der Waals surface area (Å²) in [6.07, 6.45) is 5.59. The standard InChI is InChI=1S/C18H27N5O4/c1-4-5-12(7-9-24)22-17-15(10-21-18(19)23-17)27-11-13-16(26-3)14(25-2)6-8-20-13/h6,8,10,12,24H,4-5,7,9,11H2,1-3H3,(H3,19,21,22,23)/t12-/m0/s1. The summed E-state index contributed by atoms with van der Waals surface area (Å²) >= 11 is 0. The first-order chi connectivity index (χ1) is 13.1. The van der Waals surface area contributed by atoms with Crippen LogP contribution in [0.3, 0.4) is 0 Å². The zero-order valence-corrected chi connectivity index (χ0v) is 15.9. The van der Waals surface area contributed by atoms with Crippen LogP contribution in [0.2, 0.25) is 0 Å². The van der Waals surface area contributed by atoms with Gasteiger partial charge in [0.05, 0.1) is 20.4 Å². The molecule has 0 aromatic carbocycles. The van der Waals surface area contributed by atoms with Gasteiger partial charge in [-0.1, -0.05) is 13.3 Å². The van der Waals surface area contributed by atoms with Crippen molar-refractivity contribution in [2.24, 2.45) is 0 Å². The van der Waals surface area contributed by atoms with Crippen LogP contribution in [-0.4, -0.2) is 46.9 Å². The molecule has 2 heterocycles. The Kier molecular flexibility index (Phi) is 7.87. The molecular weight excluding hydrogens is 350 g/mol. The topological polar surface area (TPSA) is 125 Å². The average molecular weight is 377 g/mol. The third-order valence-electron chi connectivity index (χ3n) is 3.96. The molecule has 4 N–H and O–H groups in total. The summed E-state index contributed by atoms with van der Waals surface area (Å²) in [5.74, 6) is 2.14. The molecular formula is C18H27N5O4. The predicted molar refractivity (Wildman–Crippen MR) is 102 cm³/mol. The molecule has 0 bridgehead atoms. The molecule has 0 saturated carbocycles. The molecule has 9 heteroatoms. The number of nitrogen functional groups attached to an aromatic ring is 1. The van der Waals surface area contributed by atoms with Crippen LogP contribution < -0.4 is 25.3 Å². The van der Waals surface area contributed by atoms with Crippen LogP contribution in [0, 0.1) is 0 Å². The van der Waals surface area contributed by atoms with Crippen molar-refractivity contribution in [3.63, 3.8) is 0 Å². The maximum absolute atomic E-state index is 9.26. The number of hydrogen-bond donors (Lipinski definition) is 3. The maximum Gasteiger partial charge on any atom is 0.222 e. The largest absolute Gasteiger partial charge is 0.493 e. The fraction of sp³-hybridized carbons (Fsp3) is 0.500. The lowest BCUT2D eigenvalue weighted by molar-refractivity contribution is 0.274. The lowest BCUT2D eigenvalue weighted by atomic mass is 10.1. The number of aliphatic hydroxyl groups excluding tert-OH is 1. The van der Waals surface area contributed by atoms with E-state index < -0.39 is 0 Å². The maximum atomic E-state index is 9.26. The number of pyridine rings is 1. The van der Waals surface area contributed by atoms with Gasteiger partial charge in [-0.3, -0.25) is 4.98 Å². The third kappa shape index (κ3) is 5.58. The number of aromatic nitrogens is 3. The van der Waals surface area contributed by atoms with E-state index in [2.05, 4.69) is 27.2 Å². The van der Waals surface area contributed by atoms with Gasteiger partial charge in [0, 0.05) is 24.9 Å². The van der Waals surface area contributed by atoms with Gasteiger partial charge >= 0.3 is 0 Å². The summed E-state index contributed by atoms with van der Waals surface area (Å²) < 4.78 is 16.5. The molecule has 0 spiro atoms. The molecule has 0 fully saturated rings. The normalized spacial score (nSPS) is 11.7. The van der Waals surface area contributed by atoms with Gasteiger partial charge in [0.15, 0.2) is 23.1 Å². The van der Waals surface area contributed by atoms with E-state index in [9.17, 15) is 5.11 Å². The van der Waals surface area contributed by atoms with Crippen molar-refractivity contribution in [1.82, 2.24) is 15.0 Å². The summed E-state index contributed by atoms with van der Waals surface area (Å²) in [5.41, 5.74) is 6.31. The first kappa shape index (κ1) is 20.5. The number of nitrogens with one attached hydrogen (secondary N) is 1. The lowest BCUT2D eigenvalue weighted by Crippen LogP contribution is -2.22. The minimum Gasteiger partial charge on any atom is -0.493 e. The molecule has 9 nitrogen and oxygen atoms in total. The fourth-order valence-electron chi connectivity index (χ4n) is 2.68. The summed E-state index contributed by atoms with van der Waals surface area (Å²) in [5, 5.41) is 12.5. The number of nitrogens with zero attached hydrogens (tertiary/aromatic N) is 3. The Hall–Kier alpha value is -2.81. The number of methoxy groups -OCH3 is 2. The molecule has 2 aromatic heterocycles. The van der Waals surface area contributed by atoms with Gasteiger partial charge in [-0.2, -0.15) is 4.98 Å². The first-order valence-electron chi connectivity index (χ1n) is 8.81. The highest BCUT2D eigenvalue weighted by Gasteiger charge is 2.16. The van der Waals surface area contributed by atoms with E-state index in [1.165, 1.54) is 6.20 Å². The summed E-state index contributed by atoms with van der Waals surface area (Å²) in [4.78, 5) is 12.5. The van der Waals surface area contributed by atoms with Crippen molar-refractivity contribution in [2.45, 2.75) is 38.8 Å². The van der Waals surface area contributed by atoms with Gasteiger partial charge in [-0.25, -0.2) is 4.98 Å². The van der Waals surface area contributed by atoms with Crippen molar-refractivity contribution < 1.29 is 19.3 Å². The van der Waals surface area contributed by atoms with Gasteiger partial charge in [0.2, 0.25) is 5.95 Å². The molecule has 27 heavy (non-hydrogen) atoms. The van der Waals surface area contributed by atoms with Crippen LogP contribution in [0.25, 0.3) is 0 Å². The van der Waals surface area contributed by atoms with E-state index in [0.717, 1.165) is 12.8 Å². The van der Waals surface area contributed by atoms with E-state index in [-0.39, 0.29) is 25.2 Å². The van der Waals surface area contributed by atoms with Gasteiger partial charge in [-0.15, -0.1) is 0 Å². The Balaban J connectivity index is 2.19. The Morgan fingerprint density at radius 2 is 2.00 bits per heavy atom. The molecule has 0 aliphatic carbocycles. The fourth-order valence-corrected chi connectivity index (χ4v) is 2.68. The Bertz CT molecular complexity index is 723. The van der Waals surface area contributed by atoms with Crippen LogP contribution in [0.1, 0.15) is 31.9 Å². The quantitative estimate of drug-likeness (QED) is 0.539. The highest BCUT2D eigenvalue weighted by atomic mass is 16.5. The molecule has 2 aromatic rings. The Morgan fingerprint density at radius 1 is 1.19 bits per heavy atom. The highest BCUT2D eigenvalue weighted by molar-refractivity contribution is 5.52. The van der Waals surface area contributed by atoms with Gasteiger partial charge in [0.25, 0.3) is 0 Å².